The SMILES string of the molecule is COc1cc(/C=C2\SC(=S)N(c3cccc([N+](=O)[O-])c3)C2=O)ccc1OCc1ccc(Cl)cc1. The molecule has 0 N–H and O–H groups in total. The lowest BCUT2D eigenvalue weighted by Gasteiger charge is -2.14. The van der Waals surface area contributed by atoms with Gasteiger partial charge in [0.15, 0.2) is 15.8 Å². The van der Waals surface area contributed by atoms with Crippen molar-refractivity contribution in [3.63, 3.8) is 0 Å². The Labute approximate surface area is 210 Å². The number of halogens is 1. The van der Waals surface area contributed by atoms with Gasteiger partial charge in [0.25, 0.3) is 11.6 Å². The van der Waals surface area contributed by atoms with E-state index in [1.54, 1.807) is 42.5 Å². The topological polar surface area (TPSA) is 81.9 Å². The van der Waals surface area contributed by atoms with Crippen LogP contribution in [0.4, 0.5) is 11.4 Å². The van der Waals surface area contributed by atoms with Crippen LogP contribution in [0.15, 0.2) is 71.6 Å². The highest BCUT2D eigenvalue weighted by Crippen LogP contribution is 2.38. The molecule has 1 aliphatic heterocycles. The van der Waals surface area contributed by atoms with Crippen molar-refractivity contribution in [2.24, 2.45) is 0 Å². The second kappa shape index (κ2) is 10.3. The maximum Gasteiger partial charge on any atom is 0.271 e. The number of nitro benzene ring substituents is 1. The predicted molar refractivity (Wildman–Crippen MR) is 138 cm³/mol. The van der Waals surface area contributed by atoms with Crippen LogP contribution in [0.25, 0.3) is 6.08 Å². The molecule has 0 radical (unpaired) electrons. The normalized spacial score (nSPS) is 14.5. The first kappa shape index (κ1) is 23.7. The molecule has 3 aromatic rings. The van der Waals surface area contributed by atoms with Crippen molar-refractivity contribution in [3.8, 4) is 11.5 Å². The molecule has 0 spiro atoms. The molecule has 1 heterocycles. The van der Waals surface area contributed by atoms with Gasteiger partial charge in [0.1, 0.15) is 6.61 Å². The minimum Gasteiger partial charge on any atom is -0.493 e. The van der Waals surface area contributed by atoms with Gasteiger partial charge in [-0.3, -0.25) is 19.8 Å². The summed E-state index contributed by atoms with van der Waals surface area (Å²) in [6.45, 7) is 0.342. The molecule has 0 aromatic heterocycles. The number of benzene rings is 3. The number of rotatable bonds is 7. The molecule has 7 nitrogen and oxygen atoms in total. The average Bonchev–Trinajstić information content (AvgIpc) is 3.11. The molecule has 0 unspecified atom stereocenters. The summed E-state index contributed by atoms with van der Waals surface area (Å²) in [5.74, 6) is 0.716. The number of hydrogen-bond acceptors (Lipinski definition) is 7. The largest absolute Gasteiger partial charge is 0.493 e. The lowest BCUT2D eigenvalue weighted by Crippen LogP contribution is -2.27. The van der Waals surface area contributed by atoms with E-state index in [2.05, 4.69) is 0 Å². The van der Waals surface area contributed by atoms with Crippen molar-refractivity contribution in [3.05, 3.63) is 97.9 Å². The Morgan fingerprint density at radius 2 is 1.88 bits per heavy atom. The fourth-order valence-corrected chi connectivity index (χ4v) is 4.65. The Kier molecular flexibility index (Phi) is 7.16. The zero-order valence-corrected chi connectivity index (χ0v) is 20.2. The van der Waals surface area contributed by atoms with Crippen LogP contribution in [0.2, 0.25) is 5.02 Å². The summed E-state index contributed by atoms with van der Waals surface area (Å²) in [6, 6.07) is 18.5. The Hall–Kier alpha value is -3.40. The Morgan fingerprint density at radius 3 is 2.59 bits per heavy atom. The number of thiocarbonyl (C=S) groups is 1. The number of ether oxygens (including phenoxy) is 2. The summed E-state index contributed by atoms with van der Waals surface area (Å²) >= 11 is 12.4. The van der Waals surface area contributed by atoms with Gasteiger partial charge in [-0.05, 0) is 47.5 Å². The molecular formula is C24H17ClN2O5S2. The Balaban J connectivity index is 1.53. The van der Waals surface area contributed by atoms with E-state index in [0.29, 0.717) is 38.0 Å². The molecule has 0 saturated carbocycles. The van der Waals surface area contributed by atoms with Crippen LogP contribution in [-0.4, -0.2) is 22.3 Å². The summed E-state index contributed by atoms with van der Waals surface area (Å²) in [4.78, 5) is 25.3. The van der Waals surface area contributed by atoms with E-state index in [-0.39, 0.29) is 11.6 Å². The smallest absolute Gasteiger partial charge is 0.271 e. The Bertz CT molecular complexity index is 1310. The van der Waals surface area contributed by atoms with Crippen molar-refractivity contribution in [1.29, 1.82) is 0 Å². The van der Waals surface area contributed by atoms with Crippen molar-refractivity contribution >= 4 is 63.3 Å². The number of anilines is 1. The van der Waals surface area contributed by atoms with Crippen LogP contribution in [0.3, 0.4) is 0 Å². The maximum absolute atomic E-state index is 13.0. The standard InChI is InChI=1S/C24H17ClN2O5S2/c1-31-21-11-16(7-10-20(21)32-14-15-5-8-17(25)9-6-15)12-22-23(28)26(24(33)34-22)18-3-2-4-19(13-18)27(29)30/h2-13H,14H2,1H3/b22-12-. The number of carbonyl (C=O) groups is 1. The minimum atomic E-state index is -0.514. The molecule has 172 valence electrons. The zero-order chi connectivity index (χ0) is 24.2. The van der Waals surface area contributed by atoms with Gasteiger partial charge < -0.3 is 9.47 Å². The molecule has 4 rings (SSSR count). The van der Waals surface area contributed by atoms with E-state index in [4.69, 9.17) is 33.3 Å². The molecule has 3 aromatic carbocycles. The number of hydrogen-bond donors (Lipinski definition) is 0. The number of non-ortho nitro benzene ring substituents is 1. The lowest BCUT2D eigenvalue weighted by atomic mass is 10.1. The van der Waals surface area contributed by atoms with Gasteiger partial charge in [-0.15, -0.1) is 0 Å². The summed E-state index contributed by atoms with van der Waals surface area (Å²) in [5.41, 5.74) is 1.91. The monoisotopic (exact) mass is 512 g/mol. The molecule has 0 bridgehead atoms. The highest BCUT2D eigenvalue weighted by atomic mass is 35.5. The first-order valence-corrected chi connectivity index (χ1v) is 11.5. The van der Waals surface area contributed by atoms with Gasteiger partial charge in [0.2, 0.25) is 0 Å². The molecule has 1 amide bonds. The van der Waals surface area contributed by atoms with E-state index < -0.39 is 4.92 Å². The summed E-state index contributed by atoms with van der Waals surface area (Å²) in [6.07, 6.45) is 1.70. The fourth-order valence-electron chi connectivity index (χ4n) is 3.22. The molecule has 0 atom stereocenters. The van der Waals surface area contributed by atoms with Crippen LogP contribution < -0.4 is 14.4 Å². The van der Waals surface area contributed by atoms with E-state index in [1.165, 1.54) is 30.2 Å². The van der Waals surface area contributed by atoms with Crippen molar-refractivity contribution < 1.29 is 19.2 Å². The third-order valence-electron chi connectivity index (χ3n) is 4.89. The summed E-state index contributed by atoms with van der Waals surface area (Å²) < 4.78 is 11.6. The average molecular weight is 513 g/mol. The molecule has 1 fully saturated rings. The van der Waals surface area contributed by atoms with Crippen LogP contribution in [0, 0.1) is 10.1 Å². The quantitative estimate of drug-likeness (QED) is 0.160. The van der Waals surface area contributed by atoms with Crippen LogP contribution in [-0.2, 0) is 11.4 Å². The minimum absolute atomic E-state index is 0.116. The van der Waals surface area contributed by atoms with E-state index in [1.807, 2.05) is 12.1 Å². The summed E-state index contributed by atoms with van der Waals surface area (Å²) in [5, 5.41) is 11.7. The number of nitrogens with zero attached hydrogens (tertiary/aromatic N) is 2. The van der Waals surface area contributed by atoms with E-state index in [9.17, 15) is 14.9 Å². The van der Waals surface area contributed by atoms with Gasteiger partial charge >= 0.3 is 0 Å². The number of thioether (sulfide) groups is 1. The number of amides is 1. The second-order valence-electron chi connectivity index (χ2n) is 7.12. The third kappa shape index (κ3) is 5.22. The maximum atomic E-state index is 13.0. The van der Waals surface area contributed by atoms with Crippen molar-refractivity contribution in [2.75, 3.05) is 12.0 Å². The molecule has 34 heavy (non-hydrogen) atoms. The highest BCUT2D eigenvalue weighted by Gasteiger charge is 2.34. The molecule has 1 saturated heterocycles. The third-order valence-corrected chi connectivity index (χ3v) is 6.44. The van der Waals surface area contributed by atoms with Gasteiger partial charge in [-0.2, -0.15) is 0 Å². The zero-order valence-electron chi connectivity index (χ0n) is 17.8. The van der Waals surface area contributed by atoms with Gasteiger partial charge in [-0.25, -0.2) is 0 Å². The number of nitro groups is 1. The van der Waals surface area contributed by atoms with E-state index in [0.717, 1.165) is 22.9 Å². The molecule has 0 aliphatic carbocycles. The predicted octanol–water partition coefficient (Wildman–Crippen LogP) is 6.24. The van der Waals surface area contributed by atoms with E-state index >= 15 is 0 Å². The fraction of sp³-hybridized carbons (Fsp3) is 0.0833. The van der Waals surface area contributed by atoms with Crippen LogP contribution in [0.5, 0.6) is 11.5 Å². The number of carbonyl (C=O) groups excluding carboxylic acids is 1. The van der Waals surface area contributed by atoms with Crippen molar-refractivity contribution in [1.82, 2.24) is 0 Å². The van der Waals surface area contributed by atoms with Crippen LogP contribution >= 0.6 is 35.6 Å². The molecule has 1 aliphatic rings. The van der Waals surface area contributed by atoms with Gasteiger partial charge in [0.05, 0.1) is 22.6 Å². The Morgan fingerprint density at radius 1 is 1.12 bits per heavy atom. The second-order valence-corrected chi connectivity index (χ2v) is 9.23. The summed E-state index contributed by atoms with van der Waals surface area (Å²) in [7, 11) is 1.54. The highest BCUT2D eigenvalue weighted by molar-refractivity contribution is 8.27. The number of methoxy groups -OCH3 is 1. The van der Waals surface area contributed by atoms with Crippen LogP contribution in [0.1, 0.15) is 11.1 Å². The lowest BCUT2D eigenvalue weighted by molar-refractivity contribution is -0.384. The van der Waals surface area contributed by atoms with Gasteiger partial charge in [0, 0.05) is 17.2 Å². The van der Waals surface area contributed by atoms with Gasteiger partial charge in [-0.1, -0.05) is 59.8 Å². The first-order chi connectivity index (χ1) is 16.4. The molecular weight excluding hydrogens is 496 g/mol. The molecule has 10 heteroatoms. The van der Waals surface area contributed by atoms with Crippen molar-refractivity contribution in [2.45, 2.75) is 6.61 Å². The first-order valence-electron chi connectivity index (χ1n) is 9.93.